The number of benzene rings is 1. The molecular formula is C11H14ClFN2. The minimum absolute atomic E-state index is 0.245. The van der Waals surface area contributed by atoms with Crippen LogP contribution in [-0.4, -0.2) is 19.6 Å². The summed E-state index contributed by atoms with van der Waals surface area (Å²) in [5.74, 6) is 0.259. The standard InChI is InChI=1S/C11H14ClFN2/c12-10-2-1-9(13)5-11(10)15-4-3-8(6-14)7-15/h1-2,5,8H,3-4,6-7,14H2. The Labute approximate surface area is 93.8 Å². The molecule has 82 valence electrons. The van der Waals surface area contributed by atoms with Crippen LogP contribution in [-0.2, 0) is 0 Å². The van der Waals surface area contributed by atoms with Crippen LogP contribution in [0, 0.1) is 11.7 Å². The van der Waals surface area contributed by atoms with Crippen molar-refractivity contribution in [2.24, 2.45) is 11.7 Å². The second kappa shape index (κ2) is 4.37. The summed E-state index contributed by atoms with van der Waals surface area (Å²) in [4.78, 5) is 2.10. The maximum atomic E-state index is 13.1. The van der Waals surface area contributed by atoms with E-state index in [1.807, 2.05) is 0 Å². The molecular weight excluding hydrogens is 215 g/mol. The second-order valence-corrected chi connectivity index (χ2v) is 4.34. The minimum atomic E-state index is -0.245. The second-order valence-electron chi connectivity index (χ2n) is 3.93. The molecule has 0 bridgehead atoms. The summed E-state index contributed by atoms with van der Waals surface area (Å²) in [5.41, 5.74) is 6.39. The van der Waals surface area contributed by atoms with Crippen molar-refractivity contribution in [1.29, 1.82) is 0 Å². The topological polar surface area (TPSA) is 29.3 Å². The fraction of sp³-hybridized carbons (Fsp3) is 0.455. The van der Waals surface area contributed by atoms with Gasteiger partial charge in [-0.1, -0.05) is 11.6 Å². The zero-order chi connectivity index (χ0) is 10.8. The molecule has 0 saturated carbocycles. The first-order valence-corrected chi connectivity index (χ1v) is 5.48. The van der Waals surface area contributed by atoms with Gasteiger partial charge >= 0.3 is 0 Å². The number of hydrogen-bond donors (Lipinski definition) is 1. The molecule has 1 atom stereocenters. The van der Waals surface area contributed by atoms with E-state index in [0.717, 1.165) is 25.2 Å². The number of hydrogen-bond acceptors (Lipinski definition) is 2. The molecule has 0 amide bonds. The largest absolute Gasteiger partial charge is 0.370 e. The molecule has 4 heteroatoms. The van der Waals surface area contributed by atoms with Crippen molar-refractivity contribution in [1.82, 2.24) is 0 Å². The van der Waals surface area contributed by atoms with Crippen LogP contribution in [0.15, 0.2) is 18.2 Å². The molecule has 1 aromatic carbocycles. The van der Waals surface area contributed by atoms with E-state index in [0.29, 0.717) is 17.5 Å². The fourth-order valence-electron chi connectivity index (χ4n) is 1.97. The van der Waals surface area contributed by atoms with Crippen molar-refractivity contribution >= 4 is 17.3 Å². The van der Waals surface area contributed by atoms with E-state index >= 15 is 0 Å². The summed E-state index contributed by atoms with van der Waals surface area (Å²) in [5, 5.41) is 0.606. The van der Waals surface area contributed by atoms with Gasteiger partial charge in [0.1, 0.15) is 5.82 Å². The molecule has 1 saturated heterocycles. The Balaban J connectivity index is 2.19. The SMILES string of the molecule is NCC1CCN(c2cc(F)ccc2Cl)C1. The zero-order valence-electron chi connectivity index (χ0n) is 8.42. The first kappa shape index (κ1) is 10.7. The zero-order valence-corrected chi connectivity index (χ0v) is 9.17. The Morgan fingerprint density at radius 2 is 2.33 bits per heavy atom. The third kappa shape index (κ3) is 2.24. The molecule has 0 aliphatic carbocycles. The molecule has 2 N–H and O–H groups in total. The normalized spacial score (nSPS) is 21.0. The van der Waals surface area contributed by atoms with Gasteiger partial charge in [-0.2, -0.15) is 0 Å². The van der Waals surface area contributed by atoms with Crippen molar-refractivity contribution in [2.75, 3.05) is 24.5 Å². The van der Waals surface area contributed by atoms with Gasteiger partial charge in [0.2, 0.25) is 0 Å². The highest BCUT2D eigenvalue weighted by atomic mass is 35.5. The van der Waals surface area contributed by atoms with E-state index in [-0.39, 0.29) is 5.82 Å². The number of nitrogens with two attached hydrogens (primary N) is 1. The van der Waals surface area contributed by atoms with Crippen molar-refractivity contribution in [3.63, 3.8) is 0 Å². The van der Waals surface area contributed by atoms with Crippen LogP contribution in [0.1, 0.15) is 6.42 Å². The first-order valence-electron chi connectivity index (χ1n) is 5.11. The molecule has 15 heavy (non-hydrogen) atoms. The molecule has 1 aliphatic rings. The summed E-state index contributed by atoms with van der Waals surface area (Å²) in [6.07, 6.45) is 1.06. The van der Waals surface area contributed by atoms with Gasteiger partial charge in [0.25, 0.3) is 0 Å². The molecule has 1 heterocycles. The van der Waals surface area contributed by atoms with E-state index in [1.165, 1.54) is 12.1 Å². The van der Waals surface area contributed by atoms with Crippen LogP contribution >= 0.6 is 11.6 Å². The summed E-state index contributed by atoms with van der Waals surface area (Å²) in [6, 6.07) is 4.46. The van der Waals surface area contributed by atoms with Crippen LogP contribution < -0.4 is 10.6 Å². The predicted molar refractivity (Wildman–Crippen MR) is 60.8 cm³/mol. The van der Waals surface area contributed by atoms with Crippen molar-refractivity contribution in [2.45, 2.75) is 6.42 Å². The van der Waals surface area contributed by atoms with Gasteiger partial charge in [-0.3, -0.25) is 0 Å². The molecule has 2 rings (SSSR count). The van der Waals surface area contributed by atoms with Crippen LogP contribution in [0.5, 0.6) is 0 Å². The number of halogens is 2. The monoisotopic (exact) mass is 228 g/mol. The van der Waals surface area contributed by atoms with Gasteiger partial charge in [-0.05, 0) is 37.1 Å². The highest BCUT2D eigenvalue weighted by molar-refractivity contribution is 6.33. The maximum absolute atomic E-state index is 13.1. The smallest absolute Gasteiger partial charge is 0.125 e. The molecule has 1 aliphatic heterocycles. The fourth-order valence-corrected chi connectivity index (χ4v) is 2.21. The Morgan fingerprint density at radius 3 is 3.00 bits per heavy atom. The molecule has 0 radical (unpaired) electrons. The number of rotatable bonds is 2. The van der Waals surface area contributed by atoms with Gasteiger partial charge < -0.3 is 10.6 Å². The highest BCUT2D eigenvalue weighted by Gasteiger charge is 2.23. The molecule has 1 unspecified atom stereocenters. The van der Waals surface area contributed by atoms with Crippen molar-refractivity contribution in [3.8, 4) is 0 Å². The van der Waals surface area contributed by atoms with E-state index in [2.05, 4.69) is 4.90 Å². The third-order valence-corrected chi connectivity index (χ3v) is 3.19. The van der Waals surface area contributed by atoms with Gasteiger partial charge in [-0.15, -0.1) is 0 Å². The molecule has 1 fully saturated rings. The lowest BCUT2D eigenvalue weighted by atomic mass is 10.1. The average molecular weight is 229 g/mol. The number of anilines is 1. The predicted octanol–water partition coefficient (Wildman–Crippen LogP) is 2.26. The Morgan fingerprint density at radius 1 is 1.53 bits per heavy atom. The highest BCUT2D eigenvalue weighted by Crippen LogP contribution is 2.30. The lowest BCUT2D eigenvalue weighted by Gasteiger charge is -2.19. The summed E-state index contributed by atoms with van der Waals surface area (Å²) in [6.45, 7) is 2.47. The molecule has 0 aromatic heterocycles. The van der Waals surface area contributed by atoms with Crippen LogP contribution in [0.25, 0.3) is 0 Å². The summed E-state index contributed by atoms with van der Waals surface area (Å²) < 4.78 is 13.1. The molecule has 2 nitrogen and oxygen atoms in total. The Bertz CT molecular complexity index is 356. The van der Waals surface area contributed by atoms with Crippen LogP contribution in [0.3, 0.4) is 0 Å². The lowest BCUT2D eigenvalue weighted by molar-refractivity contribution is 0.602. The maximum Gasteiger partial charge on any atom is 0.125 e. The third-order valence-electron chi connectivity index (χ3n) is 2.87. The lowest BCUT2D eigenvalue weighted by Crippen LogP contribution is -2.22. The Hall–Kier alpha value is -0.800. The van der Waals surface area contributed by atoms with Gasteiger partial charge in [0, 0.05) is 13.1 Å². The van der Waals surface area contributed by atoms with E-state index in [4.69, 9.17) is 17.3 Å². The van der Waals surface area contributed by atoms with Gasteiger partial charge in [0.05, 0.1) is 10.7 Å². The molecule has 1 aromatic rings. The van der Waals surface area contributed by atoms with Gasteiger partial charge in [0.15, 0.2) is 0 Å². The van der Waals surface area contributed by atoms with Crippen LogP contribution in [0.2, 0.25) is 5.02 Å². The quantitative estimate of drug-likeness (QED) is 0.842. The average Bonchev–Trinajstić information content (AvgIpc) is 2.70. The summed E-state index contributed by atoms with van der Waals surface area (Å²) >= 11 is 6.03. The number of nitrogens with zero attached hydrogens (tertiary/aromatic N) is 1. The van der Waals surface area contributed by atoms with E-state index in [9.17, 15) is 4.39 Å². The van der Waals surface area contributed by atoms with Gasteiger partial charge in [-0.25, -0.2) is 4.39 Å². The summed E-state index contributed by atoms with van der Waals surface area (Å²) in [7, 11) is 0. The van der Waals surface area contributed by atoms with E-state index in [1.54, 1.807) is 6.07 Å². The Kier molecular flexibility index (Phi) is 3.12. The molecule has 0 spiro atoms. The van der Waals surface area contributed by atoms with Crippen molar-refractivity contribution in [3.05, 3.63) is 29.0 Å². The van der Waals surface area contributed by atoms with Crippen molar-refractivity contribution < 1.29 is 4.39 Å². The van der Waals surface area contributed by atoms with Crippen LogP contribution in [0.4, 0.5) is 10.1 Å². The minimum Gasteiger partial charge on any atom is -0.370 e. The first-order chi connectivity index (χ1) is 7.20. The van der Waals surface area contributed by atoms with E-state index < -0.39 is 0 Å².